The Bertz CT molecular complexity index is 441. The van der Waals surface area contributed by atoms with E-state index in [1.165, 1.54) is 12.8 Å². The van der Waals surface area contributed by atoms with Crippen molar-refractivity contribution >= 4 is 0 Å². The summed E-state index contributed by atoms with van der Waals surface area (Å²) in [5.41, 5.74) is 8.14. The molecule has 0 radical (unpaired) electrons. The van der Waals surface area contributed by atoms with Crippen LogP contribution in [0.4, 0.5) is 0 Å². The van der Waals surface area contributed by atoms with Crippen molar-refractivity contribution in [1.29, 1.82) is 0 Å². The maximum absolute atomic E-state index is 6.10. The van der Waals surface area contributed by atoms with Crippen molar-refractivity contribution < 1.29 is 4.74 Å². The Morgan fingerprint density at radius 3 is 2.83 bits per heavy atom. The lowest BCUT2D eigenvalue weighted by atomic mass is 9.92. The van der Waals surface area contributed by atoms with E-state index in [0.29, 0.717) is 0 Å². The molecule has 2 aliphatic carbocycles. The quantitative estimate of drug-likeness (QED) is 0.870. The molecule has 3 rings (SSSR count). The summed E-state index contributed by atoms with van der Waals surface area (Å²) < 4.78 is 5.75. The predicted octanol–water partition coefficient (Wildman–Crippen LogP) is 2.23. The number of hydrogen-bond acceptors (Lipinski definition) is 4. The second kappa shape index (κ2) is 4.59. The van der Waals surface area contributed by atoms with Crippen LogP contribution in [0.2, 0.25) is 0 Å². The summed E-state index contributed by atoms with van der Waals surface area (Å²) >= 11 is 0. The highest BCUT2D eigenvalue weighted by atomic mass is 16.5. The number of nitrogens with two attached hydrogens (primary N) is 1. The number of methoxy groups -OCH3 is 1. The molecule has 1 aromatic rings. The molecule has 2 N–H and O–H groups in total. The third-order valence-corrected chi connectivity index (χ3v) is 4.44. The minimum atomic E-state index is -0.240. The van der Waals surface area contributed by atoms with Gasteiger partial charge in [0.05, 0.1) is 0 Å². The minimum absolute atomic E-state index is 0.116. The van der Waals surface area contributed by atoms with Crippen molar-refractivity contribution in [3.05, 3.63) is 23.3 Å². The first-order valence-electron chi connectivity index (χ1n) is 6.92. The highest BCUT2D eigenvalue weighted by Gasteiger charge is 2.39. The molecule has 0 bridgehead atoms. The third kappa shape index (κ3) is 1.84. The fraction of sp³-hybridized carbons (Fsp3) is 0.714. The van der Waals surface area contributed by atoms with Crippen LogP contribution in [-0.2, 0) is 16.8 Å². The van der Waals surface area contributed by atoms with Crippen molar-refractivity contribution in [2.75, 3.05) is 7.11 Å². The van der Waals surface area contributed by atoms with Gasteiger partial charge in [0.1, 0.15) is 5.60 Å². The molecule has 0 aromatic carbocycles. The zero-order chi connectivity index (χ0) is 12.6. The van der Waals surface area contributed by atoms with E-state index in [0.717, 1.165) is 49.2 Å². The van der Waals surface area contributed by atoms with E-state index in [1.54, 1.807) is 7.11 Å². The van der Waals surface area contributed by atoms with Gasteiger partial charge in [0, 0.05) is 30.6 Å². The van der Waals surface area contributed by atoms with E-state index in [2.05, 4.69) is 4.98 Å². The highest BCUT2D eigenvalue weighted by Crippen LogP contribution is 2.40. The normalized spacial score (nSPS) is 26.0. The first kappa shape index (κ1) is 12.1. The summed E-state index contributed by atoms with van der Waals surface area (Å²) in [6.07, 6.45) is 9.61. The Morgan fingerprint density at radius 1 is 1.33 bits per heavy atom. The predicted molar refractivity (Wildman–Crippen MR) is 69.1 cm³/mol. The van der Waals surface area contributed by atoms with Crippen LogP contribution < -0.4 is 5.73 Å². The van der Waals surface area contributed by atoms with Crippen molar-refractivity contribution in [3.63, 3.8) is 0 Å². The van der Waals surface area contributed by atoms with Gasteiger partial charge in [-0.2, -0.15) is 0 Å². The minimum Gasteiger partial charge on any atom is -0.370 e. The molecule has 0 saturated heterocycles. The molecule has 4 heteroatoms. The first-order chi connectivity index (χ1) is 8.75. The van der Waals surface area contributed by atoms with Crippen molar-refractivity contribution in [2.24, 2.45) is 5.73 Å². The standard InChI is InChI=1S/C14H21N3O/c1-18-14(7-2-3-8-14)13-16-9-10-11(15)5-4-6-12(10)17-13/h9,11H,2-8,15H2,1H3. The first-order valence-corrected chi connectivity index (χ1v) is 6.92. The van der Waals surface area contributed by atoms with Crippen LogP contribution in [0.5, 0.6) is 0 Å². The van der Waals surface area contributed by atoms with E-state index in [1.807, 2.05) is 6.20 Å². The van der Waals surface area contributed by atoms with Crippen LogP contribution >= 0.6 is 0 Å². The lowest BCUT2D eigenvalue weighted by molar-refractivity contribution is -0.0165. The number of ether oxygens (including phenoxy) is 1. The van der Waals surface area contributed by atoms with Crippen molar-refractivity contribution in [1.82, 2.24) is 9.97 Å². The zero-order valence-corrected chi connectivity index (χ0v) is 11.0. The SMILES string of the molecule is COC1(c2ncc3c(n2)CCCC3N)CCCC1. The number of hydrogen-bond donors (Lipinski definition) is 1. The number of aromatic nitrogens is 2. The van der Waals surface area contributed by atoms with E-state index in [4.69, 9.17) is 15.5 Å². The summed E-state index contributed by atoms with van der Waals surface area (Å²) in [4.78, 5) is 9.32. The maximum Gasteiger partial charge on any atom is 0.160 e. The average molecular weight is 247 g/mol. The second-order valence-electron chi connectivity index (χ2n) is 5.50. The molecule has 1 heterocycles. The van der Waals surface area contributed by atoms with Crippen LogP contribution in [0, 0.1) is 0 Å². The molecule has 0 aliphatic heterocycles. The van der Waals surface area contributed by atoms with E-state index in [9.17, 15) is 0 Å². The molecular weight excluding hydrogens is 226 g/mol. The van der Waals surface area contributed by atoms with Gasteiger partial charge in [-0.1, -0.05) is 0 Å². The van der Waals surface area contributed by atoms with Crippen LogP contribution in [0.25, 0.3) is 0 Å². The van der Waals surface area contributed by atoms with Gasteiger partial charge in [0.2, 0.25) is 0 Å². The molecule has 18 heavy (non-hydrogen) atoms. The maximum atomic E-state index is 6.10. The zero-order valence-electron chi connectivity index (χ0n) is 11.0. The second-order valence-corrected chi connectivity index (χ2v) is 5.50. The van der Waals surface area contributed by atoms with Gasteiger partial charge in [0.15, 0.2) is 5.82 Å². The van der Waals surface area contributed by atoms with Gasteiger partial charge in [0.25, 0.3) is 0 Å². The van der Waals surface area contributed by atoms with E-state index >= 15 is 0 Å². The molecule has 4 nitrogen and oxygen atoms in total. The number of rotatable bonds is 2. The van der Waals surface area contributed by atoms with Crippen molar-refractivity contribution in [2.45, 2.75) is 56.6 Å². The van der Waals surface area contributed by atoms with Crippen LogP contribution in [0.3, 0.4) is 0 Å². The topological polar surface area (TPSA) is 61.0 Å². The van der Waals surface area contributed by atoms with Gasteiger partial charge in [-0.05, 0) is 44.9 Å². The number of fused-ring (bicyclic) bond motifs is 1. The fourth-order valence-corrected chi connectivity index (χ4v) is 3.27. The van der Waals surface area contributed by atoms with Gasteiger partial charge in [-0.15, -0.1) is 0 Å². The molecule has 1 atom stereocenters. The summed E-state index contributed by atoms with van der Waals surface area (Å²) in [6, 6.07) is 0.116. The third-order valence-electron chi connectivity index (χ3n) is 4.44. The summed E-state index contributed by atoms with van der Waals surface area (Å²) in [5, 5.41) is 0. The lowest BCUT2D eigenvalue weighted by Crippen LogP contribution is -2.29. The van der Waals surface area contributed by atoms with Gasteiger partial charge < -0.3 is 10.5 Å². The van der Waals surface area contributed by atoms with E-state index < -0.39 is 0 Å². The largest absolute Gasteiger partial charge is 0.370 e. The Hall–Kier alpha value is -1.00. The summed E-state index contributed by atoms with van der Waals surface area (Å²) in [6.45, 7) is 0. The molecule has 1 fully saturated rings. The molecule has 1 aromatic heterocycles. The van der Waals surface area contributed by atoms with Gasteiger partial charge in [-0.3, -0.25) is 0 Å². The monoisotopic (exact) mass is 247 g/mol. The fourth-order valence-electron chi connectivity index (χ4n) is 3.27. The average Bonchev–Trinajstić information content (AvgIpc) is 2.89. The Kier molecular flexibility index (Phi) is 3.08. The Balaban J connectivity index is 1.99. The van der Waals surface area contributed by atoms with Crippen molar-refractivity contribution in [3.8, 4) is 0 Å². The smallest absolute Gasteiger partial charge is 0.160 e. The molecule has 2 aliphatic rings. The number of nitrogens with zero attached hydrogens (tertiary/aromatic N) is 2. The molecule has 0 amide bonds. The Morgan fingerprint density at radius 2 is 2.11 bits per heavy atom. The van der Waals surface area contributed by atoms with Crippen LogP contribution in [0.1, 0.15) is 61.6 Å². The molecule has 98 valence electrons. The molecule has 1 saturated carbocycles. The Labute approximate surface area is 108 Å². The van der Waals surface area contributed by atoms with Crippen LogP contribution in [0.15, 0.2) is 6.20 Å². The molecular formula is C14H21N3O. The molecule has 1 unspecified atom stereocenters. The van der Waals surface area contributed by atoms with Gasteiger partial charge >= 0.3 is 0 Å². The molecule has 0 spiro atoms. The summed E-state index contributed by atoms with van der Waals surface area (Å²) in [7, 11) is 1.78. The highest BCUT2D eigenvalue weighted by molar-refractivity contribution is 5.25. The lowest BCUT2D eigenvalue weighted by Gasteiger charge is -2.28. The van der Waals surface area contributed by atoms with E-state index in [-0.39, 0.29) is 11.6 Å². The summed E-state index contributed by atoms with van der Waals surface area (Å²) in [5.74, 6) is 0.871. The van der Waals surface area contributed by atoms with Gasteiger partial charge in [-0.25, -0.2) is 9.97 Å². The van der Waals surface area contributed by atoms with Crippen LogP contribution in [-0.4, -0.2) is 17.1 Å². The number of aryl methyl sites for hydroxylation is 1.